The summed E-state index contributed by atoms with van der Waals surface area (Å²) in [6.45, 7) is 2.02. The van der Waals surface area contributed by atoms with Crippen molar-refractivity contribution in [2.24, 2.45) is 0 Å². The van der Waals surface area contributed by atoms with E-state index in [9.17, 15) is 0 Å². The minimum atomic E-state index is 0.383. The molecule has 1 saturated heterocycles. The van der Waals surface area contributed by atoms with Crippen molar-refractivity contribution in [1.29, 1.82) is 0 Å². The van der Waals surface area contributed by atoms with Crippen LogP contribution in [0.4, 0.5) is 0 Å². The summed E-state index contributed by atoms with van der Waals surface area (Å²) in [5, 5.41) is 9.88. The Labute approximate surface area is 160 Å². The summed E-state index contributed by atoms with van der Waals surface area (Å²) < 4.78 is 2.08. The molecule has 5 heterocycles. The number of aromatic amines is 1. The molecule has 5 rings (SSSR count). The largest absolute Gasteiger partial charge is 0.345 e. The summed E-state index contributed by atoms with van der Waals surface area (Å²) in [6.07, 6.45) is 11.1. The number of nitrogens with one attached hydrogen (secondary N) is 2. The molecule has 0 radical (unpaired) electrons. The summed E-state index contributed by atoms with van der Waals surface area (Å²) in [7, 11) is 0. The molecule has 7 nitrogen and oxygen atoms in total. The molecule has 0 amide bonds. The maximum Gasteiger partial charge on any atom is 0.138 e. The first kappa shape index (κ1) is 16.4. The van der Waals surface area contributed by atoms with Crippen molar-refractivity contribution in [3.05, 3.63) is 48.3 Å². The molecule has 1 aliphatic heterocycles. The summed E-state index contributed by atoms with van der Waals surface area (Å²) >= 11 is 6.29. The van der Waals surface area contributed by atoms with E-state index in [0.717, 1.165) is 59.5 Å². The van der Waals surface area contributed by atoms with Crippen LogP contribution in [0.25, 0.3) is 33.5 Å². The van der Waals surface area contributed by atoms with E-state index in [0.29, 0.717) is 11.1 Å². The lowest BCUT2D eigenvalue weighted by atomic mass is 10.1. The molecule has 0 atom stereocenters. The van der Waals surface area contributed by atoms with Gasteiger partial charge in [0.1, 0.15) is 17.7 Å². The van der Waals surface area contributed by atoms with Gasteiger partial charge in [0.2, 0.25) is 0 Å². The maximum absolute atomic E-state index is 6.29. The average molecular weight is 380 g/mol. The fourth-order valence-electron chi connectivity index (χ4n) is 3.60. The number of H-pyrrole nitrogens is 1. The smallest absolute Gasteiger partial charge is 0.138 e. The SMILES string of the molecule is Clc1c[nH]c2ncc(-c3nn(C4CCNCC4)cc3-c3ccncn3)cc12. The molecule has 1 aliphatic rings. The van der Waals surface area contributed by atoms with Gasteiger partial charge in [0.15, 0.2) is 0 Å². The summed E-state index contributed by atoms with van der Waals surface area (Å²) in [5.74, 6) is 0. The molecule has 0 bridgehead atoms. The third-order valence-electron chi connectivity index (χ3n) is 5.03. The van der Waals surface area contributed by atoms with E-state index in [1.54, 1.807) is 18.7 Å². The van der Waals surface area contributed by atoms with Crippen LogP contribution in [0.1, 0.15) is 18.9 Å². The van der Waals surface area contributed by atoms with E-state index in [1.807, 2.05) is 18.3 Å². The van der Waals surface area contributed by atoms with Crippen LogP contribution in [-0.4, -0.2) is 42.8 Å². The second kappa shape index (κ2) is 6.75. The van der Waals surface area contributed by atoms with Gasteiger partial charge in [-0.15, -0.1) is 0 Å². The summed E-state index contributed by atoms with van der Waals surface area (Å²) in [6, 6.07) is 4.32. The predicted molar refractivity (Wildman–Crippen MR) is 104 cm³/mol. The summed E-state index contributed by atoms with van der Waals surface area (Å²) in [5.41, 5.74) is 4.37. The third kappa shape index (κ3) is 2.98. The predicted octanol–water partition coefficient (Wildman–Crippen LogP) is 3.46. The first-order valence-corrected chi connectivity index (χ1v) is 9.36. The highest BCUT2D eigenvalue weighted by molar-refractivity contribution is 6.35. The van der Waals surface area contributed by atoms with Crippen molar-refractivity contribution in [2.45, 2.75) is 18.9 Å². The Kier molecular flexibility index (Phi) is 4.10. The standard InChI is InChI=1S/C19H18ClN7/c20-16-9-24-19-14(16)7-12(8-23-19)18-15(17-3-6-22-11-25-17)10-27(26-18)13-1-4-21-5-2-13/h3,6-11,13,21H,1-2,4-5H2,(H,23,24). The molecule has 4 aromatic rings. The van der Waals surface area contributed by atoms with Gasteiger partial charge in [0.05, 0.1) is 16.8 Å². The maximum atomic E-state index is 6.29. The van der Waals surface area contributed by atoms with E-state index in [2.05, 4.69) is 36.1 Å². The highest BCUT2D eigenvalue weighted by atomic mass is 35.5. The molecule has 2 N–H and O–H groups in total. The topological polar surface area (TPSA) is 84.3 Å². The fraction of sp³-hybridized carbons (Fsp3) is 0.263. The van der Waals surface area contributed by atoms with E-state index in [1.165, 1.54) is 0 Å². The van der Waals surface area contributed by atoms with E-state index in [-0.39, 0.29) is 0 Å². The van der Waals surface area contributed by atoms with Gasteiger partial charge in [-0.3, -0.25) is 4.68 Å². The average Bonchev–Trinajstić information content (AvgIpc) is 3.34. The van der Waals surface area contributed by atoms with Gasteiger partial charge in [-0.1, -0.05) is 11.6 Å². The van der Waals surface area contributed by atoms with Crippen molar-refractivity contribution < 1.29 is 0 Å². The van der Waals surface area contributed by atoms with Crippen LogP contribution in [0.15, 0.2) is 43.2 Å². The first-order chi connectivity index (χ1) is 13.3. The zero-order chi connectivity index (χ0) is 18.2. The molecular formula is C19H18ClN7. The Morgan fingerprint density at radius 1 is 1.19 bits per heavy atom. The van der Waals surface area contributed by atoms with E-state index in [4.69, 9.17) is 16.7 Å². The Morgan fingerprint density at radius 3 is 2.89 bits per heavy atom. The molecule has 0 spiro atoms. The number of halogens is 1. The van der Waals surface area contributed by atoms with Crippen molar-refractivity contribution in [3.63, 3.8) is 0 Å². The number of aromatic nitrogens is 6. The molecule has 8 heteroatoms. The van der Waals surface area contributed by atoms with Crippen LogP contribution in [0.2, 0.25) is 5.02 Å². The van der Waals surface area contributed by atoms with Gasteiger partial charge in [-0.05, 0) is 38.1 Å². The second-order valence-electron chi connectivity index (χ2n) is 6.70. The lowest BCUT2D eigenvalue weighted by molar-refractivity contribution is 0.344. The van der Waals surface area contributed by atoms with Crippen LogP contribution in [0, 0.1) is 0 Å². The molecule has 0 aromatic carbocycles. The van der Waals surface area contributed by atoms with Crippen molar-refractivity contribution in [3.8, 4) is 22.5 Å². The molecule has 0 saturated carbocycles. The van der Waals surface area contributed by atoms with Crippen LogP contribution < -0.4 is 5.32 Å². The zero-order valence-electron chi connectivity index (χ0n) is 14.6. The Morgan fingerprint density at radius 2 is 2.07 bits per heavy atom. The monoisotopic (exact) mass is 379 g/mol. The summed E-state index contributed by atoms with van der Waals surface area (Å²) in [4.78, 5) is 16.0. The third-order valence-corrected chi connectivity index (χ3v) is 5.34. The van der Waals surface area contributed by atoms with E-state index < -0.39 is 0 Å². The van der Waals surface area contributed by atoms with Crippen LogP contribution in [-0.2, 0) is 0 Å². The van der Waals surface area contributed by atoms with Crippen LogP contribution in [0.3, 0.4) is 0 Å². The fourth-order valence-corrected chi connectivity index (χ4v) is 3.80. The van der Waals surface area contributed by atoms with Crippen molar-refractivity contribution in [1.82, 2.24) is 35.0 Å². The number of pyridine rings is 1. The Hall–Kier alpha value is -2.77. The number of hydrogen-bond donors (Lipinski definition) is 2. The van der Waals surface area contributed by atoms with Gasteiger partial charge in [0.25, 0.3) is 0 Å². The molecule has 27 heavy (non-hydrogen) atoms. The molecule has 136 valence electrons. The quantitative estimate of drug-likeness (QED) is 0.569. The minimum Gasteiger partial charge on any atom is -0.345 e. The molecule has 0 unspecified atom stereocenters. The highest BCUT2D eigenvalue weighted by Gasteiger charge is 2.21. The molecule has 1 fully saturated rings. The number of hydrogen-bond acceptors (Lipinski definition) is 5. The van der Waals surface area contributed by atoms with Gasteiger partial charge in [-0.2, -0.15) is 5.10 Å². The molecule has 0 aliphatic carbocycles. The minimum absolute atomic E-state index is 0.383. The molecular weight excluding hydrogens is 362 g/mol. The normalized spacial score (nSPS) is 15.4. The lowest BCUT2D eigenvalue weighted by Crippen LogP contribution is -2.29. The van der Waals surface area contributed by atoms with Gasteiger partial charge in [-0.25, -0.2) is 15.0 Å². The lowest BCUT2D eigenvalue weighted by Gasteiger charge is -2.22. The van der Waals surface area contributed by atoms with E-state index >= 15 is 0 Å². The van der Waals surface area contributed by atoms with Crippen molar-refractivity contribution in [2.75, 3.05) is 13.1 Å². The first-order valence-electron chi connectivity index (χ1n) is 8.99. The van der Waals surface area contributed by atoms with Gasteiger partial charge >= 0.3 is 0 Å². The zero-order valence-corrected chi connectivity index (χ0v) is 15.3. The molecule has 4 aromatic heterocycles. The number of piperidine rings is 1. The number of rotatable bonds is 3. The second-order valence-corrected chi connectivity index (χ2v) is 7.11. The van der Waals surface area contributed by atoms with Gasteiger partial charge < -0.3 is 10.3 Å². The Bertz CT molecular complexity index is 1080. The van der Waals surface area contributed by atoms with Crippen molar-refractivity contribution >= 4 is 22.6 Å². The number of nitrogens with zero attached hydrogens (tertiary/aromatic N) is 5. The van der Waals surface area contributed by atoms with Crippen LogP contribution in [0.5, 0.6) is 0 Å². The number of fused-ring (bicyclic) bond motifs is 1. The Balaban J connectivity index is 1.66. The van der Waals surface area contributed by atoms with Gasteiger partial charge in [0, 0.05) is 41.3 Å². The highest BCUT2D eigenvalue weighted by Crippen LogP contribution is 2.34. The van der Waals surface area contributed by atoms with Crippen LogP contribution >= 0.6 is 11.6 Å².